The fourth-order valence-electron chi connectivity index (χ4n) is 8.36. The lowest BCUT2D eigenvalue weighted by Crippen LogP contribution is -2.51. The molecule has 0 bridgehead atoms. The van der Waals surface area contributed by atoms with Crippen LogP contribution in [0.2, 0.25) is 0 Å². The van der Waals surface area contributed by atoms with Crippen LogP contribution < -0.4 is 26.7 Å². The molecule has 5 amide bonds. The van der Waals surface area contributed by atoms with Crippen molar-refractivity contribution < 1.29 is 43.0 Å². The molecule has 0 saturated heterocycles. The molecule has 0 aromatic heterocycles. The third-order valence-corrected chi connectivity index (χ3v) is 10.3. The number of rotatable bonds is 19. The van der Waals surface area contributed by atoms with Crippen molar-refractivity contribution in [2.75, 3.05) is 32.9 Å². The van der Waals surface area contributed by atoms with Gasteiger partial charge in [-0.2, -0.15) is 5.10 Å². The van der Waals surface area contributed by atoms with Crippen molar-refractivity contribution in [3.63, 3.8) is 0 Å². The lowest BCUT2D eigenvalue weighted by molar-refractivity contribution is -0.139. The van der Waals surface area contributed by atoms with Gasteiger partial charge in [0.15, 0.2) is 0 Å². The van der Waals surface area contributed by atoms with E-state index < -0.39 is 30.3 Å². The molecular weight excluding hydrogens is 734 g/mol. The quantitative estimate of drug-likeness (QED) is 0.0167. The van der Waals surface area contributed by atoms with Gasteiger partial charge in [-0.1, -0.05) is 60.2 Å². The predicted octanol–water partition coefficient (Wildman–Crippen LogP) is 7.48. The minimum absolute atomic E-state index is 0.0582. The third-order valence-electron chi connectivity index (χ3n) is 10.3. The van der Waals surface area contributed by atoms with Crippen LogP contribution in [-0.2, 0) is 23.8 Å². The molecule has 2 aliphatic carbocycles. The zero-order valence-corrected chi connectivity index (χ0v) is 36.2. The van der Waals surface area contributed by atoms with Crippen molar-refractivity contribution >= 4 is 41.7 Å². The summed E-state index contributed by atoms with van der Waals surface area (Å²) in [5.41, 5.74) is 3.66. The second kappa shape index (κ2) is 22.5. The van der Waals surface area contributed by atoms with Gasteiger partial charge < -0.3 is 35.5 Å². The molecule has 2 saturated carbocycles. The Morgan fingerprint density at radius 1 is 0.667 bits per heavy atom. The van der Waals surface area contributed by atoms with E-state index in [9.17, 15) is 24.0 Å². The van der Waals surface area contributed by atoms with E-state index in [4.69, 9.17) is 19.0 Å². The first-order valence-electron chi connectivity index (χ1n) is 20.3. The van der Waals surface area contributed by atoms with Gasteiger partial charge in [-0.3, -0.25) is 4.84 Å². The Morgan fingerprint density at radius 3 is 1.65 bits per heavy atom. The van der Waals surface area contributed by atoms with Gasteiger partial charge in [0.1, 0.15) is 0 Å². The Morgan fingerprint density at radius 2 is 1.16 bits per heavy atom. The minimum atomic E-state index is -0.581. The van der Waals surface area contributed by atoms with Crippen LogP contribution in [0, 0.1) is 21.7 Å². The number of amides is 5. The number of nitrogens with zero attached hydrogens (tertiary/aromatic N) is 2. The summed E-state index contributed by atoms with van der Waals surface area (Å²) in [6.07, 6.45) is 5.87. The number of hydrogen-bond donors (Lipinski definition) is 5. The summed E-state index contributed by atoms with van der Waals surface area (Å²) in [7, 11) is 0. The van der Waals surface area contributed by atoms with E-state index in [1.54, 1.807) is 20.8 Å². The van der Waals surface area contributed by atoms with Crippen molar-refractivity contribution in [2.24, 2.45) is 31.9 Å². The molecule has 4 atom stereocenters. The second-order valence-electron chi connectivity index (χ2n) is 18.4. The number of hydrogen-bond acceptors (Lipinski definition) is 11. The Labute approximate surface area is 339 Å². The maximum atomic E-state index is 12.7. The minimum Gasteiger partial charge on any atom is -0.462 e. The van der Waals surface area contributed by atoms with E-state index >= 15 is 0 Å². The number of esters is 1. The highest BCUT2D eigenvalue weighted by molar-refractivity contribution is 5.87. The Hall–Kier alpha value is -4.37. The van der Waals surface area contributed by atoms with Crippen LogP contribution in [0.4, 0.5) is 19.2 Å². The van der Waals surface area contributed by atoms with Crippen molar-refractivity contribution in [2.45, 2.75) is 152 Å². The van der Waals surface area contributed by atoms with E-state index in [0.29, 0.717) is 69.3 Å². The molecule has 0 spiro atoms. The standard InChI is InChI=1S/C41H71N7O9/c1-12-29(4)48-57-37(53)45-32-21-39(8,9)25-41(11,23-32)27-43-36(52)56-18-14-13-17-55-35(51)42-26-40(10)22-31(20-38(6,7)24-40)44-34(50)47-46-30(5)16-15-19-54-33(49)28(2)3/h31-32H,2,12-27H2,1,3-11H3,(H,42,51)(H,43,52)(H,45,53)(H2,44,47,50)/b46-30?,48-29+. The first-order valence-corrected chi connectivity index (χ1v) is 20.3. The number of unbranched alkanes of at least 4 members (excludes halogenated alkanes) is 1. The van der Waals surface area contributed by atoms with Gasteiger partial charge in [0.05, 0.1) is 25.5 Å². The molecule has 324 valence electrons. The first-order chi connectivity index (χ1) is 26.5. The summed E-state index contributed by atoms with van der Waals surface area (Å²) >= 11 is 0. The van der Waals surface area contributed by atoms with Crippen molar-refractivity contribution in [1.82, 2.24) is 26.7 Å². The van der Waals surface area contributed by atoms with Crippen molar-refractivity contribution in [1.29, 1.82) is 0 Å². The summed E-state index contributed by atoms with van der Waals surface area (Å²) in [6, 6.07) is -0.646. The average Bonchev–Trinajstić information content (AvgIpc) is 3.09. The summed E-state index contributed by atoms with van der Waals surface area (Å²) in [4.78, 5) is 66.6. The van der Waals surface area contributed by atoms with E-state index in [1.165, 1.54) is 0 Å². The normalized spacial score (nSPS) is 24.2. The van der Waals surface area contributed by atoms with Crippen molar-refractivity contribution in [3.8, 4) is 0 Å². The topological polar surface area (TPSA) is 207 Å². The maximum absolute atomic E-state index is 12.7. The molecular formula is C41H71N7O9. The Kier molecular flexibility index (Phi) is 19.3. The van der Waals surface area contributed by atoms with Crippen LogP contribution in [0.25, 0.3) is 0 Å². The Bertz CT molecular complexity index is 1460. The van der Waals surface area contributed by atoms with Gasteiger partial charge in [-0.15, -0.1) is 0 Å². The van der Waals surface area contributed by atoms with Crippen LogP contribution >= 0.6 is 0 Å². The van der Waals surface area contributed by atoms with E-state index in [2.05, 4.69) is 85.1 Å². The Balaban J connectivity index is 1.67. The lowest BCUT2D eigenvalue weighted by atomic mass is 9.62. The molecule has 5 N–H and O–H groups in total. The third kappa shape index (κ3) is 20.1. The number of oxime groups is 1. The van der Waals surface area contributed by atoms with Crippen LogP contribution in [0.5, 0.6) is 0 Å². The van der Waals surface area contributed by atoms with E-state index in [-0.39, 0.29) is 53.6 Å². The van der Waals surface area contributed by atoms with E-state index in [1.807, 2.05) is 6.92 Å². The molecule has 4 unspecified atom stereocenters. The number of nitrogens with one attached hydrogen (secondary N) is 5. The highest BCUT2D eigenvalue weighted by Gasteiger charge is 2.43. The maximum Gasteiger partial charge on any atom is 0.433 e. The summed E-state index contributed by atoms with van der Waals surface area (Å²) in [5.74, 6) is -0.427. The smallest absolute Gasteiger partial charge is 0.433 e. The molecule has 0 heterocycles. The summed E-state index contributed by atoms with van der Waals surface area (Å²) in [5, 5.41) is 19.7. The van der Waals surface area contributed by atoms with Crippen LogP contribution in [0.1, 0.15) is 140 Å². The van der Waals surface area contributed by atoms with Gasteiger partial charge >= 0.3 is 30.3 Å². The number of carbonyl (C=O) groups is 5. The molecule has 2 rings (SSSR count). The fraction of sp³-hybridized carbons (Fsp3) is 0.780. The molecule has 2 aliphatic rings. The average molecular weight is 806 g/mol. The first kappa shape index (κ1) is 48.8. The molecule has 16 heteroatoms. The molecule has 0 aliphatic heterocycles. The summed E-state index contributed by atoms with van der Waals surface area (Å²) in [6.45, 7) is 24.8. The second-order valence-corrected chi connectivity index (χ2v) is 18.4. The number of urea groups is 1. The highest BCUT2D eigenvalue weighted by atomic mass is 16.7. The van der Waals surface area contributed by atoms with Crippen LogP contribution in [-0.4, -0.2) is 86.7 Å². The molecule has 0 radical (unpaired) electrons. The monoisotopic (exact) mass is 806 g/mol. The highest BCUT2D eigenvalue weighted by Crippen LogP contribution is 2.47. The number of alkyl carbamates (subject to hydrolysis) is 2. The molecule has 0 aromatic rings. The van der Waals surface area contributed by atoms with Gasteiger partial charge in [0.25, 0.3) is 0 Å². The van der Waals surface area contributed by atoms with Crippen LogP contribution in [0.3, 0.4) is 0 Å². The molecule has 0 aromatic carbocycles. The number of carbonyl (C=O) groups excluding carboxylic acids is 5. The zero-order chi connectivity index (χ0) is 42.9. The zero-order valence-electron chi connectivity index (χ0n) is 36.2. The van der Waals surface area contributed by atoms with Gasteiger partial charge in [-0.05, 0) is 113 Å². The SMILES string of the molecule is C=C(C)C(=O)OCCCC(C)=NNC(=O)NC1CC(C)(C)CC(C)(CNC(=O)OCCCCOC(=O)NCC2(C)CC(NC(=O)O/N=C(\C)CC)CC(C)(C)C2)C1. The van der Waals surface area contributed by atoms with E-state index in [0.717, 1.165) is 31.4 Å². The summed E-state index contributed by atoms with van der Waals surface area (Å²) < 4.78 is 15.9. The van der Waals surface area contributed by atoms with Gasteiger partial charge in [0, 0.05) is 36.5 Å². The molecule has 57 heavy (non-hydrogen) atoms. The van der Waals surface area contributed by atoms with Crippen molar-refractivity contribution in [3.05, 3.63) is 12.2 Å². The lowest BCUT2D eigenvalue weighted by Gasteiger charge is -2.46. The number of ether oxygens (including phenoxy) is 3. The largest absolute Gasteiger partial charge is 0.462 e. The van der Waals surface area contributed by atoms with Gasteiger partial charge in [0.2, 0.25) is 0 Å². The van der Waals surface area contributed by atoms with Gasteiger partial charge in [-0.25, -0.2) is 29.4 Å². The number of hydrazone groups is 1. The molecule has 16 nitrogen and oxygen atoms in total. The molecule has 2 fully saturated rings. The fourth-order valence-corrected chi connectivity index (χ4v) is 8.36. The predicted molar refractivity (Wildman–Crippen MR) is 220 cm³/mol. The van der Waals surface area contributed by atoms with Crippen LogP contribution in [0.15, 0.2) is 22.4 Å².